The largest absolute Gasteiger partial charge is 0.490 e. The van der Waals surface area contributed by atoms with Crippen molar-refractivity contribution in [3.05, 3.63) is 54.5 Å². The van der Waals surface area contributed by atoms with Gasteiger partial charge < -0.3 is 19.4 Å². The van der Waals surface area contributed by atoms with Crippen LogP contribution in [0.5, 0.6) is 5.75 Å². The number of nitrogens with one attached hydrogen (secondary N) is 1. The second-order valence-corrected chi connectivity index (χ2v) is 5.87. The standard InChI is InChI=1S/C19H25N3O2.HI/c1-2-20-19(21-15-18-9-6-14-23-18)22-12-10-17(11-13-22)24-16-7-4-3-5-8-16;/h3-9,14,17H,2,10-13,15H2,1H3,(H,20,21);1H. The average molecular weight is 455 g/mol. The molecule has 0 saturated carbocycles. The van der Waals surface area contributed by atoms with Crippen molar-refractivity contribution in [3.8, 4) is 5.75 Å². The van der Waals surface area contributed by atoms with Gasteiger partial charge in [0.1, 0.15) is 24.2 Å². The maximum absolute atomic E-state index is 6.06. The second-order valence-electron chi connectivity index (χ2n) is 5.87. The molecule has 5 nitrogen and oxygen atoms in total. The van der Waals surface area contributed by atoms with Crippen LogP contribution in [-0.2, 0) is 6.54 Å². The van der Waals surface area contributed by atoms with Crippen LogP contribution < -0.4 is 10.1 Å². The fraction of sp³-hybridized carbons (Fsp3) is 0.421. The highest BCUT2D eigenvalue weighted by Crippen LogP contribution is 2.18. The van der Waals surface area contributed by atoms with E-state index in [0.29, 0.717) is 6.54 Å². The third kappa shape index (κ3) is 5.95. The van der Waals surface area contributed by atoms with E-state index in [1.54, 1.807) is 6.26 Å². The summed E-state index contributed by atoms with van der Waals surface area (Å²) in [6.07, 6.45) is 3.96. The summed E-state index contributed by atoms with van der Waals surface area (Å²) < 4.78 is 11.4. The molecule has 1 aliphatic heterocycles. The molecule has 6 heteroatoms. The molecule has 0 radical (unpaired) electrons. The van der Waals surface area contributed by atoms with Crippen molar-refractivity contribution < 1.29 is 9.15 Å². The Morgan fingerprint density at radius 2 is 1.96 bits per heavy atom. The normalized spacial score (nSPS) is 15.6. The zero-order valence-corrected chi connectivity index (χ0v) is 16.9. The molecule has 1 aromatic carbocycles. The Bertz CT molecular complexity index is 623. The molecule has 1 saturated heterocycles. The highest BCUT2D eigenvalue weighted by molar-refractivity contribution is 14.0. The minimum atomic E-state index is 0. The van der Waals surface area contributed by atoms with E-state index in [1.165, 1.54) is 0 Å². The molecule has 1 aromatic heterocycles. The first-order valence-electron chi connectivity index (χ1n) is 8.62. The molecule has 3 rings (SSSR count). The van der Waals surface area contributed by atoms with Gasteiger partial charge in [-0.3, -0.25) is 0 Å². The van der Waals surface area contributed by atoms with Gasteiger partial charge in [0.05, 0.1) is 6.26 Å². The first-order valence-corrected chi connectivity index (χ1v) is 8.62. The maximum Gasteiger partial charge on any atom is 0.194 e. The van der Waals surface area contributed by atoms with E-state index in [9.17, 15) is 0 Å². The Labute approximate surface area is 166 Å². The molecule has 25 heavy (non-hydrogen) atoms. The smallest absolute Gasteiger partial charge is 0.194 e. The molecular formula is C19H26IN3O2. The van der Waals surface area contributed by atoms with Crippen molar-refractivity contribution in [2.45, 2.75) is 32.4 Å². The summed E-state index contributed by atoms with van der Waals surface area (Å²) in [6.45, 7) is 5.41. The van der Waals surface area contributed by atoms with Gasteiger partial charge in [0, 0.05) is 32.5 Å². The zero-order chi connectivity index (χ0) is 16.6. The molecule has 0 aliphatic carbocycles. The van der Waals surface area contributed by atoms with Crippen LogP contribution >= 0.6 is 24.0 Å². The molecule has 1 aliphatic rings. The summed E-state index contributed by atoms with van der Waals surface area (Å²) in [7, 11) is 0. The molecule has 1 N–H and O–H groups in total. The summed E-state index contributed by atoms with van der Waals surface area (Å²) in [4.78, 5) is 6.99. The van der Waals surface area contributed by atoms with Crippen molar-refractivity contribution in [2.24, 2.45) is 4.99 Å². The molecular weight excluding hydrogens is 429 g/mol. The predicted molar refractivity (Wildman–Crippen MR) is 111 cm³/mol. The molecule has 0 amide bonds. The highest BCUT2D eigenvalue weighted by atomic mass is 127. The fourth-order valence-electron chi connectivity index (χ4n) is 2.86. The van der Waals surface area contributed by atoms with Gasteiger partial charge in [-0.15, -0.1) is 24.0 Å². The third-order valence-electron chi connectivity index (χ3n) is 4.09. The lowest BCUT2D eigenvalue weighted by molar-refractivity contribution is 0.129. The van der Waals surface area contributed by atoms with E-state index in [2.05, 4.69) is 22.1 Å². The topological polar surface area (TPSA) is 50.0 Å². The number of halogens is 1. The summed E-state index contributed by atoms with van der Waals surface area (Å²) in [5.41, 5.74) is 0. The number of ether oxygens (including phenoxy) is 1. The number of benzene rings is 1. The van der Waals surface area contributed by atoms with Gasteiger partial charge in [0.15, 0.2) is 5.96 Å². The summed E-state index contributed by atoms with van der Waals surface area (Å²) in [6, 6.07) is 13.9. The van der Waals surface area contributed by atoms with Gasteiger partial charge >= 0.3 is 0 Å². The quantitative estimate of drug-likeness (QED) is 0.422. The first kappa shape index (κ1) is 19.6. The number of furan rings is 1. The van der Waals surface area contributed by atoms with Gasteiger partial charge in [-0.05, 0) is 31.2 Å². The van der Waals surface area contributed by atoms with Crippen LogP contribution in [-0.4, -0.2) is 36.6 Å². The van der Waals surface area contributed by atoms with Gasteiger partial charge in [0.25, 0.3) is 0 Å². The molecule has 2 heterocycles. The van der Waals surface area contributed by atoms with Gasteiger partial charge in [-0.1, -0.05) is 18.2 Å². The molecule has 136 valence electrons. The van der Waals surface area contributed by atoms with Gasteiger partial charge in [-0.25, -0.2) is 4.99 Å². The number of hydrogen-bond acceptors (Lipinski definition) is 3. The number of likely N-dealkylation sites (tertiary alicyclic amines) is 1. The number of aliphatic imine (C=N–C) groups is 1. The SMILES string of the molecule is CCNC(=NCc1ccco1)N1CCC(Oc2ccccc2)CC1.I. The van der Waals surface area contributed by atoms with Gasteiger partial charge in [-0.2, -0.15) is 0 Å². The van der Waals surface area contributed by atoms with Crippen LogP contribution in [0.2, 0.25) is 0 Å². The number of para-hydroxylation sites is 1. The average Bonchev–Trinajstić information content (AvgIpc) is 3.14. The molecule has 0 bridgehead atoms. The summed E-state index contributed by atoms with van der Waals surface area (Å²) in [5, 5.41) is 3.37. The number of hydrogen-bond donors (Lipinski definition) is 1. The minimum absolute atomic E-state index is 0. The Morgan fingerprint density at radius 1 is 1.20 bits per heavy atom. The van der Waals surface area contributed by atoms with E-state index in [4.69, 9.17) is 9.15 Å². The van der Waals surface area contributed by atoms with E-state index in [-0.39, 0.29) is 30.1 Å². The van der Waals surface area contributed by atoms with Crippen molar-refractivity contribution in [1.29, 1.82) is 0 Å². The monoisotopic (exact) mass is 455 g/mol. The van der Waals surface area contributed by atoms with Crippen molar-refractivity contribution in [1.82, 2.24) is 10.2 Å². The first-order chi connectivity index (χ1) is 11.8. The van der Waals surface area contributed by atoms with Gasteiger partial charge in [0.2, 0.25) is 0 Å². The summed E-state index contributed by atoms with van der Waals surface area (Å²) in [5.74, 6) is 2.79. The van der Waals surface area contributed by atoms with E-state index >= 15 is 0 Å². The number of rotatable bonds is 5. The third-order valence-corrected chi connectivity index (χ3v) is 4.09. The van der Waals surface area contributed by atoms with Crippen LogP contribution in [0.1, 0.15) is 25.5 Å². The molecule has 2 aromatic rings. The molecule has 0 spiro atoms. The lowest BCUT2D eigenvalue weighted by Crippen LogP contribution is -2.47. The lowest BCUT2D eigenvalue weighted by atomic mass is 10.1. The second kappa shape index (κ2) is 10.3. The summed E-state index contributed by atoms with van der Waals surface area (Å²) >= 11 is 0. The minimum Gasteiger partial charge on any atom is -0.490 e. The van der Waals surface area contributed by atoms with Crippen molar-refractivity contribution in [2.75, 3.05) is 19.6 Å². The van der Waals surface area contributed by atoms with E-state index in [0.717, 1.165) is 49.9 Å². The van der Waals surface area contributed by atoms with E-state index in [1.807, 2.05) is 42.5 Å². The molecule has 0 unspecified atom stereocenters. The van der Waals surface area contributed by atoms with Crippen LogP contribution in [0.25, 0.3) is 0 Å². The Morgan fingerprint density at radius 3 is 2.60 bits per heavy atom. The number of piperidine rings is 1. The number of guanidine groups is 1. The van der Waals surface area contributed by atoms with E-state index < -0.39 is 0 Å². The van der Waals surface area contributed by atoms with Crippen LogP contribution in [0.3, 0.4) is 0 Å². The van der Waals surface area contributed by atoms with Crippen LogP contribution in [0.4, 0.5) is 0 Å². The Kier molecular flexibility index (Phi) is 8.11. The molecule has 0 atom stereocenters. The Balaban J connectivity index is 0.00000225. The molecule has 1 fully saturated rings. The van der Waals surface area contributed by atoms with Crippen LogP contribution in [0, 0.1) is 0 Å². The fourth-order valence-corrected chi connectivity index (χ4v) is 2.86. The maximum atomic E-state index is 6.06. The highest BCUT2D eigenvalue weighted by Gasteiger charge is 2.22. The number of nitrogens with zero attached hydrogens (tertiary/aromatic N) is 2. The lowest BCUT2D eigenvalue weighted by Gasteiger charge is -2.34. The van der Waals surface area contributed by atoms with Crippen LogP contribution in [0.15, 0.2) is 58.1 Å². The van der Waals surface area contributed by atoms with Crippen molar-refractivity contribution in [3.63, 3.8) is 0 Å². The Hall–Kier alpha value is -1.70. The van der Waals surface area contributed by atoms with Crippen molar-refractivity contribution >= 4 is 29.9 Å². The predicted octanol–water partition coefficient (Wildman–Crippen LogP) is 3.91. The zero-order valence-electron chi connectivity index (χ0n) is 14.6.